The van der Waals surface area contributed by atoms with Gasteiger partial charge in [0.25, 0.3) is 15.9 Å². The summed E-state index contributed by atoms with van der Waals surface area (Å²) in [6.07, 6.45) is 1.49. The lowest BCUT2D eigenvalue weighted by molar-refractivity contribution is -0.124. The van der Waals surface area contributed by atoms with Gasteiger partial charge in [-0.05, 0) is 48.4 Å². The fourth-order valence-corrected chi connectivity index (χ4v) is 8.15. The van der Waals surface area contributed by atoms with Crippen molar-refractivity contribution in [1.82, 2.24) is 24.1 Å². The van der Waals surface area contributed by atoms with Crippen LogP contribution in [0.15, 0.2) is 88.5 Å². The lowest BCUT2D eigenvalue weighted by Gasteiger charge is -2.34. The largest absolute Gasteiger partial charge is 0.334 e. The number of hydrogen-bond donors (Lipinski definition) is 1. The molecule has 4 aromatic rings. The number of carbonyl (C=O) groups excluding carboxylic acids is 2. The number of rotatable bonds is 7. The van der Waals surface area contributed by atoms with Crippen molar-refractivity contribution in [3.63, 3.8) is 0 Å². The molecule has 3 amide bonds. The zero-order valence-corrected chi connectivity index (χ0v) is 28.1. The van der Waals surface area contributed by atoms with Crippen LogP contribution in [0.25, 0.3) is 0 Å². The maximum absolute atomic E-state index is 14.3. The summed E-state index contributed by atoms with van der Waals surface area (Å²) in [5.74, 6) is -0.223. The molecular weight excluding hydrogens is 703 g/mol. The third kappa shape index (κ3) is 6.09. The summed E-state index contributed by atoms with van der Waals surface area (Å²) in [5.41, 5.74) is 0.827. The molecule has 0 radical (unpaired) electrons. The monoisotopic (exact) mass is 730 g/mol. The second-order valence-electron chi connectivity index (χ2n) is 11.1. The molecule has 1 atom stereocenters. The standard InChI is InChI=1S/C31H29BrCl2N6O4S/c1-31(18-21-7-9-23(32)10-8-21)28(41)39(26-16-24(33)15-25(34)17-26)29-35-20-27(40(29)31)45(43,44)38-13-11-37(12-14-38)30(42)36-19-22-5-3-2-4-6-22/h2-10,15-17,20H,11-14,18-19H2,1H3,(H,36,42). The number of urea groups is 1. The van der Waals surface area contributed by atoms with Gasteiger partial charge in [-0.15, -0.1) is 0 Å². The number of aromatic nitrogens is 2. The Balaban J connectivity index is 1.29. The zero-order valence-electron chi connectivity index (χ0n) is 24.2. The van der Waals surface area contributed by atoms with Crippen LogP contribution in [0, 0.1) is 0 Å². The SMILES string of the molecule is CC1(Cc2ccc(Br)cc2)C(=O)N(c2cc(Cl)cc(Cl)c2)c2ncc(S(=O)(=O)N3CCN(C(=O)NCc4ccccc4)CC3)n21. The van der Waals surface area contributed by atoms with Crippen molar-refractivity contribution in [2.45, 2.75) is 30.5 Å². The summed E-state index contributed by atoms with van der Waals surface area (Å²) in [4.78, 5) is 34.5. The minimum Gasteiger partial charge on any atom is -0.334 e. The third-order valence-electron chi connectivity index (χ3n) is 8.05. The molecule has 1 fully saturated rings. The summed E-state index contributed by atoms with van der Waals surface area (Å²) >= 11 is 16.0. The van der Waals surface area contributed by atoms with Gasteiger partial charge < -0.3 is 10.2 Å². The molecule has 0 spiro atoms. The average Bonchev–Trinajstić information content (AvgIpc) is 3.55. The first-order chi connectivity index (χ1) is 21.5. The summed E-state index contributed by atoms with van der Waals surface area (Å²) in [6.45, 7) is 2.69. The van der Waals surface area contributed by atoms with Crippen molar-refractivity contribution in [3.05, 3.63) is 105 Å². The fourth-order valence-electron chi connectivity index (χ4n) is 5.76. The highest BCUT2D eigenvalue weighted by molar-refractivity contribution is 9.10. The second kappa shape index (κ2) is 12.4. The van der Waals surface area contributed by atoms with Crippen LogP contribution in [0.2, 0.25) is 10.0 Å². The molecule has 1 unspecified atom stereocenters. The Morgan fingerprint density at radius 2 is 1.60 bits per heavy atom. The highest BCUT2D eigenvalue weighted by Gasteiger charge is 2.52. The van der Waals surface area contributed by atoms with E-state index in [-0.39, 0.29) is 55.5 Å². The molecule has 45 heavy (non-hydrogen) atoms. The van der Waals surface area contributed by atoms with Gasteiger partial charge in [0.2, 0.25) is 5.95 Å². The van der Waals surface area contributed by atoms with Crippen LogP contribution in [-0.4, -0.2) is 65.3 Å². The Bertz CT molecular complexity index is 1840. The summed E-state index contributed by atoms with van der Waals surface area (Å²) in [5, 5.41) is 3.43. The summed E-state index contributed by atoms with van der Waals surface area (Å²) < 4.78 is 32.1. The van der Waals surface area contributed by atoms with Gasteiger partial charge in [-0.3, -0.25) is 9.36 Å². The number of fused-ring (bicyclic) bond motifs is 1. The van der Waals surface area contributed by atoms with Crippen molar-refractivity contribution in [1.29, 1.82) is 0 Å². The molecule has 0 aliphatic carbocycles. The van der Waals surface area contributed by atoms with Crippen LogP contribution in [-0.2, 0) is 33.3 Å². The molecule has 14 heteroatoms. The Labute approximate surface area is 279 Å². The normalized spacial score (nSPS) is 18.7. The van der Waals surface area contributed by atoms with Gasteiger partial charge >= 0.3 is 6.03 Å². The molecule has 6 rings (SSSR count). The quantitative estimate of drug-likeness (QED) is 0.259. The number of sulfonamides is 1. The minimum absolute atomic E-state index is 0.0899. The van der Waals surface area contributed by atoms with Crippen LogP contribution < -0.4 is 10.2 Å². The number of imidazole rings is 1. The van der Waals surface area contributed by atoms with Gasteiger partial charge in [-0.1, -0.05) is 81.6 Å². The van der Waals surface area contributed by atoms with E-state index in [2.05, 4.69) is 26.2 Å². The molecule has 0 bridgehead atoms. The molecular formula is C31H29BrCl2N6O4S. The van der Waals surface area contributed by atoms with Gasteiger partial charge in [0.05, 0.1) is 11.9 Å². The molecule has 3 heterocycles. The number of halogens is 3. The molecule has 10 nitrogen and oxygen atoms in total. The van der Waals surface area contributed by atoms with Gasteiger partial charge in [-0.25, -0.2) is 23.1 Å². The lowest BCUT2D eigenvalue weighted by Crippen LogP contribution is -2.53. The number of amides is 3. The highest BCUT2D eigenvalue weighted by atomic mass is 79.9. The van der Waals surface area contributed by atoms with E-state index in [1.165, 1.54) is 20.0 Å². The maximum Gasteiger partial charge on any atom is 0.317 e. The molecule has 2 aliphatic rings. The molecule has 0 saturated carbocycles. The van der Waals surface area contributed by atoms with Crippen LogP contribution in [0.5, 0.6) is 0 Å². The number of nitrogens with zero attached hydrogens (tertiary/aromatic N) is 5. The van der Waals surface area contributed by atoms with Crippen LogP contribution >= 0.6 is 39.1 Å². The number of piperazine rings is 1. The molecule has 234 valence electrons. The smallest absolute Gasteiger partial charge is 0.317 e. The van der Waals surface area contributed by atoms with Crippen molar-refractivity contribution in [2.75, 3.05) is 31.1 Å². The molecule has 1 N–H and O–H groups in total. The second-order valence-corrected chi connectivity index (χ2v) is 14.8. The van der Waals surface area contributed by atoms with E-state index in [0.29, 0.717) is 22.3 Å². The van der Waals surface area contributed by atoms with Crippen molar-refractivity contribution in [3.8, 4) is 0 Å². The topological polar surface area (TPSA) is 108 Å². The Morgan fingerprint density at radius 1 is 0.956 bits per heavy atom. The molecule has 1 aromatic heterocycles. The highest BCUT2D eigenvalue weighted by Crippen LogP contribution is 2.45. The van der Waals surface area contributed by atoms with E-state index >= 15 is 0 Å². The number of benzene rings is 3. The Kier molecular flexibility index (Phi) is 8.70. The van der Waals surface area contributed by atoms with Gasteiger partial charge in [0.15, 0.2) is 5.03 Å². The van der Waals surface area contributed by atoms with Gasteiger partial charge in [-0.2, -0.15) is 4.31 Å². The van der Waals surface area contributed by atoms with Crippen molar-refractivity contribution >= 4 is 72.7 Å². The third-order valence-corrected chi connectivity index (χ3v) is 10.9. The predicted molar refractivity (Wildman–Crippen MR) is 176 cm³/mol. The molecule has 3 aromatic carbocycles. The molecule has 1 saturated heterocycles. The first-order valence-corrected chi connectivity index (χ1v) is 17.2. The predicted octanol–water partition coefficient (Wildman–Crippen LogP) is 5.80. The number of carbonyl (C=O) groups is 2. The van der Waals surface area contributed by atoms with E-state index in [0.717, 1.165) is 15.6 Å². The number of nitrogens with one attached hydrogen (secondary N) is 1. The van der Waals surface area contributed by atoms with Crippen molar-refractivity contribution in [2.24, 2.45) is 0 Å². The van der Waals surface area contributed by atoms with Crippen LogP contribution in [0.4, 0.5) is 16.4 Å². The van der Waals surface area contributed by atoms with Gasteiger partial charge in [0, 0.05) is 53.7 Å². The van der Waals surface area contributed by atoms with Gasteiger partial charge in [0.1, 0.15) is 5.54 Å². The first-order valence-electron chi connectivity index (χ1n) is 14.2. The van der Waals surface area contributed by atoms with Crippen LogP contribution in [0.3, 0.4) is 0 Å². The number of hydrogen-bond acceptors (Lipinski definition) is 5. The zero-order chi connectivity index (χ0) is 31.9. The average molecular weight is 732 g/mol. The first kappa shape index (κ1) is 31.6. The lowest BCUT2D eigenvalue weighted by atomic mass is 9.92. The van der Waals surface area contributed by atoms with E-state index in [9.17, 15) is 18.0 Å². The van der Waals surface area contributed by atoms with E-state index in [1.54, 1.807) is 30.0 Å². The Hall–Kier alpha value is -3.42. The fraction of sp³-hybridized carbons (Fsp3) is 0.258. The van der Waals surface area contributed by atoms with E-state index in [4.69, 9.17) is 23.2 Å². The van der Waals surface area contributed by atoms with E-state index < -0.39 is 15.6 Å². The Morgan fingerprint density at radius 3 is 2.24 bits per heavy atom. The minimum atomic E-state index is -4.13. The van der Waals surface area contributed by atoms with Crippen molar-refractivity contribution < 1.29 is 18.0 Å². The van der Waals surface area contributed by atoms with Crippen LogP contribution in [0.1, 0.15) is 18.1 Å². The maximum atomic E-state index is 14.3. The summed E-state index contributed by atoms with van der Waals surface area (Å²) in [7, 11) is -4.13. The van der Waals surface area contributed by atoms with E-state index in [1.807, 2.05) is 54.6 Å². The molecule has 2 aliphatic heterocycles. The number of anilines is 2. The summed E-state index contributed by atoms with van der Waals surface area (Å²) in [6, 6.07) is 21.5.